The van der Waals surface area contributed by atoms with Crippen LogP contribution in [0.4, 0.5) is 4.39 Å². The van der Waals surface area contributed by atoms with E-state index in [0.717, 1.165) is 22.3 Å². The molecule has 1 N–H and O–H groups in total. The number of fused-ring (bicyclic) bond motifs is 1. The van der Waals surface area contributed by atoms with Crippen LogP contribution in [0.15, 0.2) is 48.1 Å². The normalized spacial score (nSPS) is 19.4. The Kier molecular flexibility index (Phi) is 2.66. The third kappa shape index (κ3) is 1.77. The second-order valence-electron chi connectivity index (χ2n) is 5.34. The number of aromatic nitrogens is 4. The van der Waals surface area contributed by atoms with E-state index in [0.29, 0.717) is 0 Å². The van der Waals surface area contributed by atoms with Crippen LogP contribution in [0.25, 0.3) is 11.1 Å². The summed E-state index contributed by atoms with van der Waals surface area (Å²) < 4.78 is 14.1. The summed E-state index contributed by atoms with van der Waals surface area (Å²) in [5.74, 6) is -0.450. The first kappa shape index (κ1) is 12.8. The van der Waals surface area contributed by atoms with Gasteiger partial charge in [0.15, 0.2) is 5.82 Å². The average molecular weight is 293 g/mol. The second-order valence-corrected chi connectivity index (χ2v) is 5.34. The lowest BCUT2D eigenvalue weighted by atomic mass is 9.87. The minimum absolute atomic E-state index is 0.286. The molecule has 0 fully saturated rings. The fraction of sp³-hybridized carbons (Fsp3) is 0.125. The number of rotatable bonds is 2. The van der Waals surface area contributed by atoms with Gasteiger partial charge >= 0.3 is 0 Å². The third-order valence-corrected chi connectivity index (χ3v) is 4.00. The Balaban J connectivity index is 1.84. The van der Waals surface area contributed by atoms with Crippen LogP contribution in [0.2, 0.25) is 0 Å². The highest BCUT2D eigenvalue weighted by Crippen LogP contribution is 2.39. The molecule has 0 spiro atoms. The first-order valence-corrected chi connectivity index (χ1v) is 6.83. The van der Waals surface area contributed by atoms with Crippen LogP contribution >= 0.6 is 0 Å². The monoisotopic (exact) mass is 293 g/mol. The van der Waals surface area contributed by atoms with Gasteiger partial charge in [-0.05, 0) is 29.7 Å². The van der Waals surface area contributed by atoms with Crippen molar-refractivity contribution in [3.05, 3.63) is 65.8 Å². The van der Waals surface area contributed by atoms with Crippen LogP contribution in [0.1, 0.15) is 23.7 Å². The molecule has 5 nitrogen and oxygen atoms in total. The van der Waals surface area contributed by atoms with Gasteiger partial charge in [-0.3, -0.25) is 10.1 Å². The molecular formula is C16H12FN5. The average Bonchev–Trinajstić information content (AvgIpc) is 3.17. The maximum Gasteiger partial charge on any atom is 0.165 e. The molecule has 0 radical (unpaired) electrons. The molecule has 0 saturated carbocycles. The molecule has 1 aliphatic rings. The number of aliphatic imine (C=N–C) groups is 1. The predicted molar refractivity (Wildman–Crippen MR) is 80.1 cm³/mol. The number of benzene rings is 1. The van der Waals surface area contributed by atoms with Crippen LogP contribution in [0.3, 0.4) is 0 Å². The van der Waals surface area contributed by atoms with Crippen molar-refractivity contribution >= 4 is 6.21 Å². The van der Waals surface area contributed by atoms with Crippen LogP contribution in [-0.4, -0.2) is 26.4 Å². The number of aromatic amines is 1. The molecule has 2 aromatic heterocycles. The zero-order chi connectivity index (χ0) is 15.2. The van der Waals surface area contributed by atoms with E-state index in [1.807, 2.05) is 31.3 Å². The van der Waals surface area contributed by atoms with E-state index in [9.17, 15) is 4.39 Å². The fourth-order valence-corrected chi connectivity index (χ4v) is 2.83. The lowest BCUT2D eigenvalue weighted by Crippen LogP contribution is -2.22. The third-order valence-electron chi connectivity index (χ3n) is 4.00. The summed E-state index contributed by atoms with van der Waals surface area (Å²) >= 11 is 0. The molecule has 3 aromatic rings. The molecule has 0 bridgehead atoms. The zero-order valence-electron chi connectivity index (χ0n) is 11.8. The molecule has 0 amide bonds. The van der Waals surface area contributed by atoms with Crippen molar-refractivity contribution in [1.29, 1.82) is 0 Å². The number of nitrogens with zero attached hydrogens (tertiary/aromatic N) is 4. The van der Waals surface area contributed by atoms with E-state index in [4.69, 9.17) is 0 Å². The molecule has 22 heavy (non-hydrogen) atoms. The molecule has 6 heteroatoms. The summed E-state index contributed by atoms with van der Waals surface area (Å²) in [7, 11) is 0. The van der Waals surface area contributed by atoms with Crippen molar-refractivity contribution in [3.63, 3.8) is 0 Å². The highest BCUT2D eigenvalue weighted by Gasteiger charge is 2.37. The summed E-state index contributed by atoms with van der Waals surface area (Å²) in [5.41, 5.74) is 3.38. The van der Waals surface area contributed by atoms with Crippen LogP contribution in [0.5, 0.6) is 0 Å². The molecular weight excluding hydrogens is 281 g/mol. The van der Waals surface area contributed by atoms with Crippen molar-refractivity contribution in [2.45, 2.75) is 12.5 Å². The van der Waals surface area contributed by atoms with Crippen LogP contribution < -0.4 is 0 Å². The summed E-state index contributed by atoms with van der Waals surface area (Å²) in [4.78, 5) is 12.3. The van der Waals surface area contributed by atoms with Gasteiger partial charge in [0.2, 0.25) is 0 Å². The lowest BCUT2D eigenvalue weighted by Gasteiger charge is -2.22. The predicted octanol–water partition coefficient (Wildman–Crippen LogP) is 2.70. The Morgan fingerprint density at radius 2 is 2.09 bits per heavy atom. The second kappa shape index (κ2) is 4.56. The SMILES string of the molecule is CC1(c2ncncc2F)N=Cc2cc(-c3cn[nH]c3)ccc21. The van der Waals surface area contributed by atoms with Crippen molar-refractivity contribution in [1.82, 2.24) is 20.2 Å². The Morgan fingerprint density at radius 3 is 2.86 bits per heavy atom. The number of halogens is 1. The Hall–Kier alpha value is -2.89. The standard InChI is InChI=1S/C16H12FN5/c1-16(15-14(17)8-18-9-19-15)13-3-2-10(4-11(13)5-20-16)12-6-21-22-7-12/h2-9H,1H3,(H,21,22). The summed E-state index contributed by atoms with van der Waals surface area (Å²) in [6.07, 6.45) is 7.87. The van der Waals surface area contributed by atoms with Gasteiger partial charge in [0.1, 0.15) is 17.6 Å². The van der Waals surface area contributed by atoms with Gasteiger partial charge in [-0.25, -0.2) is 14.4 Å². The minimum Gasteiger partial charge on any atom is -0.285 e. The number of H-pyrrole nitrogens is 1. The maximum atomic E-state index is 14.1. The first-order valence-electron chi connectivity index (χ1n) is 6.83. The van der Waals surface area contributed by atoms with Gasteiger partial charge in [0.05, 0.1) is 12.4 Å². The van der Waals surface area contributed by atoms with E-state index >= 15 is 0 Å². The Bertz CT molecular complexity index is 872. The van der Waals surface area contributed by atoms with Crippen molar-refractivity contribution in [3.8, 4) is 11.1 Å². The van der Waals surface area contributed by atoms with Gasteiger partial charge < -0.3 is 0 Å². The number of nitrogens with one attached hydrogen (secondary N) is 1. The zero-order valence-corrected chi connectivity index (χ0v) is 11.8. The minimum atomic E-state index is -0.822. The number of hydrogen-bond donors (Lipinski definition) is 1. The quantitative estimate of drug-likeness (QED) is 0.790. The van der Waals surface area contributed by atoms with Crippen molar-refractivity contribution in [2.24, 2.45) is 4.99 Å². The smallest absolute Gasteiger partial charge is 0.165 e. The topological polar surface area (TPSA) is 66.8 Å². The van der Waals surface area contributed by atoms with E-state index < -0.39 is 11.4 Å². The van der Waals surface area contributed by atoms with Crippen LogP contribution in [-0.2, 0) is 5.54 Å². The molecule has 1 atom stereocenters. The molecule has 3 heterocycles. The Morgan fingerprint density at radius 1 is 1.18 bits per heavy atom. The number of hydrogen-bond acceptors (Lipinski definition) is 4. The highest BCUT2D eigenvalue weighted by molar-refractivity contribution is 5.89. The molecule has 0 aliphatic carbocycles. The summed E-state index contributed by atoms with van der Waals surface area (Å²) in [5, 5.41) is 6.75. The van der Waals surface area contributed by atoms with Gasteiger partial charge in [0.25, 0.3) is 0 Å². The van der Waals surface area contributed by atoms with Gasteiger partial charge in [-0.2, -0.15) is 5.10 Å². The molecule has 0 saturated heterocycles. The van der Waals surface area contributed by atoms with E-state index in [2.05, 4.69) is 25.2 Å². The summed E-state index contributed by atoms with van der Waals surface area (Å²) in [6, 6.07) is 5.97. The van der Waals surface area contributed by atoms with Gasteiger partial charge in [-0.1, -0.05) is 12.1 Å². The van der Waals surface area contributed by atoms with Gasteiger partial charge in [0, 0.05) is 18.0 Å². The lowest BCUT2D eigenvalue weighted by molar-refractivity contribution is 0.514. The maximum absolute atomic E-state index is 14.1. The highest BCUT2D eigenvalue weighted by atomic mass is 19.1. The van der Waals surface area contributed by atoms with E-state index in [1.54, 1.807) is 12.4 Å². The van der Waals surface area contributed by atoms with Crippen molar-refractivity contribution in [2.75, 3.05) is 0 Å². The Labute approximate surface area is 126 Å². The molecule has 4 rings (SSSR count). The molecule has 108 valence electrons. The summed E-state index contributed by atoms with van der Waals surface area (Å²) in [6.45, 7) is 1.86. The van der Waals surface area contributed by atoms with Crippen molar-refractivity contribution < 1.29 is 4.39 Å². The molecule has 1 unspecified atom stereocenters. The van der Waals surface area contributed by atoms with Crippen LogP contribution in [0, 0.1) is 5.82 Å². The van der Waals surface area contributed by atoms with E-state index in [-0.39, 0.29) is 5.69 Å². The largest absolute Gasteiger partial charge is 0.285 e. The fourth-order valence-electron chi connectivity index (χ4n) is 2.83. The first-order chi connectivity index (χ1) is 10.7. The van der Waals surface area contributed by atoms with E-state index in [1.165, 1.54) is 12.5 Å². The van der Waals surface area contributed by atoms with Gasteiger partial charge in [-0.15, -0.1) is 0 Å². The molecule has 1 aliphatic heterocycles. The molecule has 1 aromatic carbocycles.